The van der Waals surface area contributed by atoms with Crippen molar-refractivity contribution in [1.29, 1.82) is 0 Å². The van der Waals surface area contributed by atoms with E-state index >= 15 is 0 Å². The Morgan fingerprint density at radius 2 is 2.06 bits per heavy atom. The van der Waals surface area contributed by atoms with E-state index in [0.29, 0.717) is 18.3 Å². The third-order valence-corrected chi connectivity index (χ3v) is 2.80. The Kier molecular flexibility index (Phi) is 3.82. The molecular formula is C13H16F2O2. The number of benzene rings is 1. The first kappa shape index (κ1) is 12.1. The molecule has 1 saturated carbocycles. The number of alkyl halides is 2. The summed E-state index contributed by atoms with van der Waals surface area (Å²) in [4.78, 5) is 0. The largest absolute Gasteiger partial charge is 0.489 e. The van der Waals surface area contributed by atoms with Crippen molar-refractivity contribution in [3.8, 4) is 11.5 Å². The van der Waals surface area contributed by atoms with Gasteiger partial charge in [0.15, 0.2) is 11.5 Å². The summed E-state index contributed by atoms with van der Waals surface area (Å²) in [6.07, 6.45) is 3.11. The van der Waals surface area contributed by atoms with E-state index in [9.17, 15) is 8.78 Å². The zero-order valence-corrected chi connectivity index (χ0v) is 9.79. The van der Waals surface area contributed by atoms with Crippen molar-refractivity contribution in [2.24, 2.45) is 5.92 Å². The molecule has 2 nitrogen and oxygen atoms in total. The van der Waals surface area contributed by atoms with Gasteiger partial charge in [-0.3, -0.25) is 0 Å². The van der Waals surface area contributed by atoms with Crippen LogP contribution in [0.3, 0.4) is 0 Å². The molecule has 0 aliphatic heterocycles. The first-order chi connectivity index (χ1) is 8.19. The van der Waals surface area contributed by atoms with Gasteiger partial charge in [0.1, 0.15) is 0 Å². The average molecular weight is 242 g/mol. The van der Waals surface area contributed by atoms with Crippen LogP contribution in [0.2, 0.25) is 0 Å². The minimum Gasteiger partial charge on any atom is -0.489 e. The van der Waals surface area contributed by atoms with Crippen molar-refractivity contribution in [2.45, 2.75) is 32.8 Å². The summed E-state index contributed by atoms with van der Waals surface area (Å²) in [5.74, 6) is 1.13. The summed E-state index contributed by atoms with van der Waals surface area (Å²) in [6.45, 7) is -0.262. The standard InChI is InChI=1S/C13H16F2O2/c1-2-9-5-6-11(16-8-10-3-4-10)12(7-9)17-13(14)15/h5-7,10,13H,2-4,8H2,1H3. The third kappa shape index (κ3) is 3.58. The Labute approximate surface area is 99.5 Å². The van der Waals surface area contributed by atoms with Gasteiger partial charge in [0, 0.05) is 0 Å². The predicted molar refractivity (Wildman–Crippen MR) is 60.7 cm³/mol. The molecule has 1 fully saturated rings. The Morgan fingerprint density at radius 3 is 2.65 bits per heavy atom. The molecule has 0 spiro atoms. The molecule has 17 heavy (non-hydrogen) atoms. The number of aryl methyl sites for hydroxylation is 1. The quantitative estimate of drug-likeness (QED) is 0.758. The molecule has 1 aromatic rings. The van der Waals surface area contributed by atoms with Crippen LogP contribution < -0.4 is 9.47 Å². The number of ether oxygens (including phenoxy) is 2. The van der Waals surface area contributed by atoms with E-state index in [-0.39, 0.29) is 5.75 Å². The molecule has 1 aromatic carbocycles. The van der Waals surface area contributed by atoms with Gasteiger partial charge in [0.05, 0.1) is 6.61 Å². The van der Waals surface area contributed by atoms with Crippen LogP contribution in [0.25, 0.3) is 0 Å². The zero-order valence-electron chi connectivity index (χ0n) is 9.79. The molecule has 0 bridgehead atoms. The smallest absolute Gasteiger partial charge is 0.387 e. The molecule has 94 valence electrons. The van der Waals surface area contributed by atoms with Gasteiger partial charge in [-0.15, -0.1) is 0 Å². The third-order valence-electron chi connectivity index (χ3n) is 2.80. The number of halogens is 2. The molecule has 0 amide bonds. The van der Waals surface area contributed by atoms with Gasteiger partial charge < -0.3 is 9.47 Å². The number of hydrogen-bond donors (Lipinski definition) is 0. The fourth-order valence-corrected chi connectivity index (χ4v) is 1.57. The maximum atomic E-state index is 12.3. The van der Waals surface area contributed by atoms with Crippen LogP contribution in [0.15, 0.2) is 18.2 Å². The van der Waals surface area contributed by atoms with Gasteiger partial charge in [0.25, 0.3) is 0 Å². The first-order valence-corrected chi connectivity index (χ1v) is 5.89. The van der Waals surface area contributed by atoms with Crippen molar-refractivity contribution in [3.63, 3.8) is 0 Å². The molecule has 4 heteroatoms. The summed E-state index contributed by atoms with van der Waals surface area (Å²) in [5, 5.41) is 0. The Hall–Kier alpha value is -1.32. The van der Waals surface area contributed by atoms with Crippen molar-refractivity contribution in [3.05, 3.63) is 23.8 Å². The summed E-state index contributed by atoms with van der Waals surface area (Å²) >= 11 is 0. The van der Waals surface area contributed by atoms with E-state index < -0.39 is 6.61 Å². The highest BCUT2D eigenvalue weighted by molar-refractivity contribution is 5.43. The van der Waals surface area contributed by atoms with E-state index in [4.69, 9.17) is 4.74 Å². The second-order valence-corrected chi connectivity index (χ2v) is 4.27. The summed E-state index contributed by atoms with van der Waals surface area (Å²) in [5.41, 5.74) is 0.958. The molecule has 2 rings (SSSR count). The van der Waals surface area contributed by atoms with Gasteiger partial charge in [-0.05, 0) is 42.9 Å². The maximum absolute atomic E-state index is 12.3. The molecule has 0 heterocycles. The lowest BCUT2D eigenvalue weighted by Gasteiger charge is -2.13. The van der Waals surface area contributed by atoms with E-state index in [1.165, 1.54) is 0 Å². The van der Waals surface area contributed by atoms with Gasteiger partial charge in [-0.1, -0.05) is 13.0 Å². The minimum atomic E-state index is -2.81. The average Bonchev–Trinajstić information content (AvgIpc) is 3.10. The molecule has 0 atom stereocenters. The normalized spacial score (nSPS) is 15.1. The van der Waals surface area contributed by atoms with Crippen LogP contribution >= 0.6 is 0 Å². The predicted octanol–water partition coefficient (Wildman–Crippen LogP) is 3.64. The van der Waals surface area contributed by atoms with E-state index in [0.717, 1.165) is 24.8 Å². The lowest BCUT2D eigenvalue weighted by molar-refractivity contribution is -0.0515. The Balaban J connectivity index is 2.09. The lowest BCUT2D eigenvalue weighted by atomic mass is 10.1. The van der Waals surface area contributed by atoms with Gasteiger partial charge in [0.2, 0.25) is 0 Å². The Bertz CT molecular complexity index is 376. The van der Waals surface area contributed by atoms with E-state index in [1.54, 1.807) is 12.1 Å². The SMILES string of the molecule is CCc1ccc(OCC2CC2)c(OC(F)F)c1. The van der Waals surface area contributed by atoms with Gasteiger partial charge in [-0.25, -0.2) is 0 Å². The molecule has 0 N–H and O–H groups in total. The van der Waals surface area contributed by atoms with Crippen molar-refractivity contribution in [2.75, 3.05) is 6.61 Å². The van der Waals surface area contributed by atoms with Gasteiger partial charge >= 0.3 is 6.61 Å². The highest BCUT2D eigenvalue weighted by atomic mass is 19.3. The van der Waals surface area contributed by atoms with Crippen molar-refractivity contribution >= 4 is 0 Å². The van der Waals surface area contributed by atoms with Crippen LogP contribution in [0.1, 0.15) is 25.3 Å². The lowest BCUT2D eigenvalue weighted by Crippen LogP contribution is -2.06. The second kappa shape index (κ2) is 5.34. The second-order valence-electron chi connectivity index (χ2n) is 4.27. The van der Waals surface area contributed by atoms with Crippen LogP contribution in [-0.2, 0) is 6.42 Å². The van der Waals surface area contributed by atoms with E-state index in [2.05, 4.69) is 4.74 Å². The molecule has 0 radical (unpaired) electrons. The number of hydrogen-bond acceptors (Lipinski definition) is 2. The zero-order chi connectivity index (χ0) is 12.3. The first-order valence-electron chi connectivity index (χ1n) is 5.89. The molecule has 1 aliphatic rings. The highest BCUT2D eigenvalue weighted by Gasteiger charge is 2.23. The minimum absolute atomic E-state index is 0.139. The van der Waals surface area contributed by atoms with Crippen LogP contribution in [0, 0.1) is 5.92 Å². The van der Waals surface area contributed by atoms with Crippen molar-refractivity contribution < 1.29 is 18.3 Å². The van der Waals surface area contributed by atoms with Gasteiger partial charge in [-0.2, -0.15) is 8.78 Å². The summed E-state index contributed by atoms with van der Waals surface area (Å²) in [6, 6.07) is 5.20. The van der Waals surface area contributed by atoms with Crippen molar-refractivity contribution in [1.82, 2.24) is 0 Å². The molecule has 0 saturated heterocycles. The maximum Gasteiger partial charge on any atom is 0.387 e. The fourth-order valence-electron chi connectivity index (χ4n) is 1.57. The van der Waals surface area contributed by atoms with Crippen LogP contribution in [0.4, 0.5) is 8.78 Å². The Morgan fingerprint density at radius 1 is 1.29 bits per heavy atom. The molecule has 1 aliphatic carbocycles. The monoisotopic (exact) mass is 242 g/mol. The molecular weight excluding hydrogens is 226 g/mol. The number of rotatable bonds is 6. The fraction of sp³-hybridized carbons (Fsp3) is 0.538. The van der Waals surface area contributed by atoms with E-state index in [1.807, 2.05) is 13.0 Å². The summed E-state index contributed by atoms with van der Waals surface area (Å²) < 4.78 is 34.5. The topological polar surface area (TPSA) is 18.5 Å². The highest BCUT2D eigenvalue weighted by Crippen LogP contribution is 2.34. The molecule has 0 aromatic heterocycles. The molecule has 0 unspecified atom stereocenters. The summed E-state index contributed by atoms with van der Waals surface area (Å²) in [7, 11) is 0. The van der Waals surface area contributed by atoms with Crippen LogP contribution in [-0.4, -0.2) is 13.2 Å². The van der Waals surface area contributed by atoms with Crippen LogP contribution in [0.5, 0.6) is 11.5 Å².